The average molecular weight is 367 g/mol. The summed E-state index contributed by atoms with van der Waals surface area (Å²) in [5, 5.41) is 20.9. The molecule has 0 spiro atoms. The van der Waals surface area contributed by atoms with Crippen molar-refractivity contribution in [1.29, 1.82) is 5.41 Å². The molecule has 1 unspecified atom stereocenters. The fourth-order valence-corrected chi connectivity index (χ4v) is 4.55. The molecular weight excluding hydrogens is 344 g/mol. The molecule has 3 N–H and O–H groups in total. The summed E-state index contributed by atoms with van der Waals surface area (Å²) in [4.78, 5) is 14.5. The third kappa shape index (κ3) is 3.63. The van der Waals surface area contributed by atoms with Gasteiger partial charge in [0.2, 0.25) is 5.78 Å². The normalized spacial score (nSPS) is 16.4. The van der Waals surface area contributed by atoms with E-state index in [-0.39, 0.29) is 28.9 Å². The smallest absolute Gasteiger partial charge is 0.200 e. The molecule has 0 heterocycles. The predicted molar refractivity (Wildman–Crippen MR) is 98.8 cm³/mol. The molecule has 1 saturated carbocycles. The van der Waals surface area contributed by atoms with Gasteiger partial charge in [0.15, 0.2) is 10.8 Å². The van der Waals surface area contributed by atoms with Crippen LogP contribution >= 0.6 is 11.8 Å². The molecule has 1 fully saturated rings. The Morgan fingerprint density at radius 3 is 2.54 bits per heavy atom. The van der Waals surface area contributed by atoms with Gasteiger partial charge in [-0.25, -0.2) is 0 Å². The molecule has 1 aliphatic rings. The maximum atomic E-state index is 13.0. The molecule has 2 rings (SSSR count). The summed E-state index contributed by atoms with van der Waals surface area (Å²) in [6.45, 7) is 1.81. The fourth-order valence-electron chi connectivity index (χ4n) is 2.59. The van der Waals surface area contributed by atoms with Gasteiger partial charge in [-0.2, -0.15) is 0 Å². The van der Waals surface area contributed by atoms with Crippen LogP contribution in [0, 0.1) is 18.3 Å². The minimum Gasteiger partial charge on any atom is -0.612 e. The lowest BCUT2D eigenvalue weighted by Crippen LogP contribution is -2.22. The van der Waals surface area contributed by atoms with Crippen LogP contribution in [0.15, 0.2) is 33.4 Å². The molecule has 0 bridgehead atoms. The van der Waals surface area contributed by atoms with Crippen molar-refractivity contribution < 1.29 is 14.5 Å². The molecule has 0 aliphatic heterocycles. The molecule has 24 heavy (non-hydrogen) atoms. The highest BCUT2D eigenvalue weighted by molar-refractivity contribution is 7.99. The highest BCUT2D eigenvalue weighted by Crippen LogP contribution is 2.36. The topological polar surface area (TPSA) is 96.2 Å². The second kappa shape index (κ2) is 7.63. The number of allylic oxidation sites excluding steroid dienone is 1. The van der Waals surface area contributed by atoms with Gasteiger partial charge in [-0.15, -0.1) is 11.8 Å². The lowest BCUT2D eigenvalue weighted by atomic mass is 9.94. The largest absolute Gasteiger partial charge is 0.612 e. The van der Waals surface area contributed by atoms with Crippen molar-refractivity contribution in [3.05, 3.63) is 34.7 Å². The number of carbonyl (C=O) groups excluding carboxylic acids is 1. The number of aliphatic hydroxyl groups is 1. The zero-order valence-electron chi connectivity index (χ0n) is 14.2. The Morgan fingerprint density at radius 1 is 1.46 bits per heavy atom. The lowest BCUT2D eigenvalue weighted by molar-refractivity contribution is 0.103. The van der Waals surface area contributed by atoms with Gasteiger partial charge >= 0.3 is 0 Å². The van der Waals surface area contributed by atoms with E-state index in [9.17, 15) is 14.5 Å². The van der Waals surface area contributed by atoms with Crippen LogP contribution in [0.5, 0.6) is 0 Å². The Morgan fingerprint density at radius 2 is 2.08 bits per heavy atom. The first-order valence-electron chi connectivity index (χ1n) is 7.58. The fraction of sp³-hybridized carbons (Fsp3) is 0.412. The Balaban J connectivity index is 2.53. The van der Waals surface area contributed by atoms with Crippen LogP contribution in [0.25, 0.3) is 0 Å². The van der Waals surface area contributed by atoms with Crippen molar-refractivity contribution >= 4 is 34.4 Å². The first-order chi connectivity index (χ1) is 11.3. The van der Waals surface area contributed by atoms with E-state index in [0.717, 1.165) is 23.3 Å². The average Bonchev–Trinajstić information content (AvgIpc) is 3.38. The van der Waals surface area contributed by atoms with Crippen LogP contribution in [0.3, 0.4) is 0 Å². The number of benzene rings is 1. The minimum absolute atomic E-state index is 0.0283. The Labute approximate surface area is 149 Å². The molecule has 1 aliphatic carbocycles. The number of Topliss-reactive ketones (excluding diaryl/α,β-unsaturated/α-hetero) is 1. The molecule has 0 amide bonds. The Kier molecular flexibility index (Phi) is 6.01. The van der Waals surface area contributed by atoms with Gasteiger partial charge in [-0.3, -0.25) is 4.79 Å². The maximum absolute atomic E-state index is 13.0. The standard InChI is InChI=1S/C17H22N2O3S2/c1-9-11(7-8-12(24(4)22)16(9)23-3)15(20)13(17(21)19-2)14(18)10-5-6-10/h7-8,10,18-19,21H,5-6H2,1-4H3/b17-13-,18-14?. The number of carbonyl (C=O) groups is 1. The number of thioether (sulfide) groups is 1. The Hall–Kier alpha value is -1.44. The van der Waals surface area contributed by atoms with Gasteiger partial charge in [-0.1, -0.05) is 0 Å². The third-order valence-electron chi connectivity index (χ3n) is 4.08. The molecule has 1 atom stereocenters. The third-order valence-corrected chi connectivity index (χ3v) is 6.11. The quantitative estimate of drug-likeness (QED) is 0.172. The highest BCUT2D eigenvalue weighted by atomic mass is 32.2. The summed E-state index contributed by atoms with van der Waals surface area (Å²) < 4.78 is 11.9. The zero-order valence-corrected chi connectivity index (χ0v) is 15.9. The molecule has 0 saturated heterocycles. The van der Waals surface area contributed by atoms with E-state index in [1.165, 1.54) is 18.8 Å². The first-order valence-corrected chi connectivity index (χ1v) is 10.4. The number of rotatable bonds is 7. The number of hydrogen-bond donors (Lipinski definition) is 3. The lowest BCUT2D eigenvalue weighted by Gasteiger charge is -2.16. The summed E-state index contributed by atoms with van der Waals surface area (Å²) in [5.41, 5.74) is 1.36. The summed E-state index contributed by atoms with van der Waals surface area (Å²) >= 11 is 0.294. The predicted octanol–water partition coefficient (Wildman–Crippen LogP) is 3.06. The van der Waals surface area contributed by atoms with Crippen molar-refractivity contribution in [2.45, 2.75) is 29.6 Å². The number of aliphatic hydroxyl groups excluding tert-OH is 1. The molecule has 130 valence electrons. The first kappa shape index (κ1) is 18.9. The van der Waals surface area contributed by atoms with Gasteiger partial charge in [0.25, 0.3) is 0 Å². The van der Waals surface area contributed by atoms with Gasteiger partial charge in [0.1, 0.15) is 11.8 Å². The van der Waals surface area contributed by atoms with Crippen LogP contribution in [0.1, 0.15) is 28.8 Å². The van der Waals surface area contributed by atoms with Crippen LogP contribution in [-0.4, -0.2) is 40.7 Å². The molecule has 0 radical (unpaired) electrons. The zero-order chi connectivity index (χ0) is 18.0. The minimum atomic E-state index is -1.15. The number of nitrogens with one attached hydrogen (secondary N) is 2. The van der Waals surface area contributed by atoms with Crippen molar-refractivity contribution in [2.24, 2.45) is 5.92 Å². The van der Waals surface area contributed by atoms with E-state index >= 15 is 0 Å². The van der Waals surface area contributed by atoms with Gasteiger partial charge in [0.05, 0.1) is 10.6 Å². The maximum Gasteiger partial charge on any atom is 0.200 e. The van der Waals surface area contributed by atoms with Gasteiger partial charge in [-0.05, 0) is 54.9 Å². The van der Waals surface area contributed by atoms with E-state index in [1.54, 1.807) is 18.4 Å². The number of ketones is 1. The summed E-state index contributed by atoms with van der Waals surface area (Å²) in [6, 6.07) is 3.33. The van der Waals surface area contributed by atoms with E-state index in [4.69, 9.17) is 5.41 Å². The Bertz CT molecular complexity index is 710. The molecule has 1 aromatic carbocycles. The van der Waals surface area contributed by atoms with Crippen molar-refractivity contribution in [3.8, 4) is 0 Å². The molecule has 0 aromatic heterocycles. The van der Waals surface area contributed by atoms with E-state index in [2.05, 4.69) is 5.32 Å². The van der Waals surface area contributed by atoms with E-state index in [1.807, 2.05) is 13.2 Å². The summed E-state index contributed by atoms with van der Waals surface area (Å²) in [5.74, 6) is -0.604. The van der Waals surface area contributed by atoms with Crippen LogP contribution < -0.4 is 5.32 Å². The molecule has 7 heteroatoms. The van der Waals surface area contributed by atoms with Gasteiger partial charge < -0.3 is 20.4 Å². The monoisotopic (exact) mass is 366 g/mol. The van der Waals surface area contributed by atoms with E-state index < -0.39 is 11.2 Å². The van der Waals surface area contributed by atoms with E-state index in [0.29, 0.717) is 10.5 Å². The van der Waals surface area contributed by atoms with Crippen LogP contribution in [0.4, 0.5) is 0 Å². The van der Waals surface area contributed by atoms with Crippen molar-refractivity contribution in [1.82, 2.24) is 5.32 Å². The second-order valence-electron chi connectivity index (χ2n) is 5.71. The molecule has 1 aromatic rings. The van der Waals surface area contributed by atoms with Crippen LogP contribution in [0.2, 0.25) is 0 Å². The van der Waals surface area contributed by atoms with Crippen LogP contribution in [-0.2, 0) is 11.2 Å². The molecule has 5 nitrogen and oxygen atoms in total. The van der Waals surface area contributed by atoms with Gasteiger partial charge in [0, 0.05) is 18.5 Å². The van der Waals surface area contributed by atoms with Crippen molar-refractivity contribution in [3.63, 3.8) is 0 Å². The highest BCUT2D eigenvalue weighted by Gasteiger charge is 2.34. The second-order valence-corrected chi connectivity index (χ2v) is 7.88. The summed E-state index contributed by atoms with van der Waals surface area (Å²) in [6.07, 6.45) is 5.22. The SMILES string of the molecule is CN/C(O)=C(\C(=N)C1CC1)C(=O)c1ccc([S+](C)[O-])c(SC)c1C. The van der Waals surface area contributed by atoms with Crippen molar-refractivity contribution in [2.75, 3.05) is 19.6 Å². The summed E-state index contributed by atoms with van der Waals surface area (Å²) in [7, 11) is 1.52. The molecular formula is C17H22N2O3S2. The number of hydrogen-bond acceptors (Lipinski definition) is 6.